The van der Waals surface area contributed by atoms with Crippen LogP contribution in [0.4, 0.5) is 0 Å². The lowest BCUT2D eigenvalue weighted by Gasteiger charge is -2.21. The zero-order valence-electron chi connectivity index (χ0n) is 12.3. The molecule has 5 nitrogen and oxygen atoms in total. The van der Waals surface area contributed by atoms with Crippen LogP contribution in [0.25, 0.3) is 0 Å². The van der Waals surface area contributed by atoms with Crippen LogP contribution in [0.5, 0.6) is 5.75 Å². The molecule has 0 saturated heterocycles. The lowest BCUT2D eigenvalue weighted by molar-refractivity contribution is -0.149. The van der Waals surface area contributed by atoms with Gasteiger partial charge < -0.3 is 14.4 Å². The van der Waals surface area contributed by atoms with Gasteiger partial charge in [0.25, 0.3) is 0 Å². The van der Waals surface area contributed by atoms with Gasteiger partial charge in [0.1, 0.15) is 12.3 Å². The Morgan fingerprint density at radius 2 is 1.95 bits per heavy atom. The van der Waals surface area contributed by atoms with E-state index in [2.05, 4.69) is 0 Å². The van der Waals surface area contributed by atoms with Crippen molar-refractivity contribution in [1.82, 2.24) is 4.90 Å². The van der Waals surface area contributed by atoms with Gasteiger partial charge >= 0.3 is 5.97 Å². The van der Waals surface area contributed by atoms with Gasteiger partial charge in [0.15, 0.2) is 0 Å². The van der Waals surface area contributed by atoms with Crippen LogP contribution >= 0.6 is 0 Å². The van der Waals surface area contributed by atoms with Crippen LogP contribution in [-0.4, -0.2) is 42.6 Å². The Kier molecular flexibility index (Phi) is 5.60. The summed E-state index contributed by atoms with van der Waals surface area (Å²) in [7, 11) is 0. The lowest BCUT2D eigenvalue weighted by atomic mass is 10.3. The number of carbonyl (C=O) groups is 2. The van der Waals surface area contributed by atoms with Crippen LogP contribution in [0, 0.1) is 0 Å². The number of hydrogen-bond acceptors (Lipinski definition) is 4. The molecule has 114 valence electrons. The van der Waals surface area contributed by atoms with Crippen molar-refractivity contribution < 1.29 is 19.1 Å². The second-order valence-corrected chi connectivity index (χ2v) is 4.97. The molecule has 0 aliphatic heterocycles. The largest absolute Gasteiger partial charge is 0.493 e. The summed E-state index contributed by atoms with van der Waals surface area (Å²) in [6.07, 6.45) is 2.19. The molecule has 1 aliphatic rings. The molecule has 0 N–H and O–H groups in total. The lowest BCUT2D eigenvalue weighted by Crippen LogP contribution is -2.38. The maximum absolute atomic E-state index is 12.2. The maximum Gasteiger partial charge on any atom is 0.325 e. The molecule has 0 atom stereocenters. The predicted molar refractivity (Wildman–Crippen MR) is 77.9 cm³/mol. The van der Waals surface area contributed by atoms with Crippen LogP contribution in [0.1, 0.15) is 26.2 Å². The summed E-state index contributed by atoms with van der Waals surface area (Å²) < 4.78 is 10.4. The van der Waals surface area contributed by atoms with E-state index in [4.69, 9.17) is 9.47 Å². The quantitative estimate of drug-likeness (QED) is 0.688. The Hall–Kier alpha value is -2.04. The highest BCUT2D eigenvalue weighted by Gasteiger charge is 2.33. The fourth-order valence-corrected chi connectivity index (χ4v) is 2.07. The smallest absolute Gasteiger partial charge is 0.325 e. The molecule has 0 bridgehead atoms. The van der Waals surface area contributed by atoms with Crippen LogP contribution in [0.2, 0.25) is 0 Å². The molecule has 1 aromatic carbocycles. The molecule has 21 heavy (non-hydrogen) atoms. The van der Waals surface area contributed by atoms with Crippen molar-refractivity contribution in [2.75, 3.05) is 19.8 Å². The maximum atomic E-state index is 12.2. The van der Waals surface area contributed by atoms with Gasteiger partial charge in [-0.3, -0.25) is 9.59 Å². The molecular formula is C16H21NO4. The number of benzene rings is 1. The molecular weight excluding hydrogens is 270 g/mol. The van der Waals surface area contributed by atoms with Crippen molar-refractivity contribution in [3.63, 3.8) is 0 Å². The molecule has 0 spiro atoms. The second kappa shape index (κ2) is 7.67. The van der Waals surface area contributed by atoms with E-state index in [9.17, 15) is 9.59 Å². The van der Waals surface area contributed by atoms with Crippen molar-refractivity contribution in [2.24, 2.45) is 0 Å². The highest BCUT2D eigenvalue weighted by atomic mass is 16.5. The summed E-state index contributed by atoms with van der Waals surface area (Å²) in [4.78, 5) is 25.3. The van der Waals surface area contributed by atoms with Gasteiger partial charge in [-0.2, -0.15) is 0 Å². The highest BCUT2D eigenvalue weighted by molar-refractivity contribution is 5.82. The minimum Gasteiger partial charge on any atom is -0.493 e. The number of amides is 1. The molecule has 0 unspecified atom stereocenters. The Bertz CT molecular complexity index is 470. The van der Waals surface area contributed by atoms with Crippen molar-refractivity contribution in [3.05, 3.63) is 30.3 Å². The fraction of sp³-hybridized carbons (Fsp3) is 0.500. The summed E-state index contributed by atoms with van der Waals surface area (Å²) in [5, 5.41) is 0. The van der Waals surface area contributed by atoms with Crippen LogP contribution in [0.15, 0.2) is 30.3 Å². The molecule has 0 aromatic heterocycles. The standard InChI is InChI=1S/C16H21NO4/c1-2-20-16(19)12-17(13-8-9-13)15(18)10-11-21-14-6-4-3-5-7-14/h3-7,13H,2,8-12H2,1H3. The van der Waals surface area contributed by atoms with E-state index in [1.165, 1.54) is 0 Å². The molecule has 1 fully saturated rings. The summed E-state index contributed by atoms with van der Waals surface area (Å²) in [6.45, 7) is 2.45. The predicted octanol–water partition coefficient (Wildman–Crippen LogP) is 2.01. The van der Waals surface area contributed by atoms with E-state index in [0.717, 1.165) is 18.6 Å². The minimum atomic E-state index is -0.346. The van der Waals surface area contributed by atoms with Gasteiger partial charge in [0, 0.05) is 6.04 Å². The van der Waals surface area contributed by atoms with Gasteiger partial charge in [-0.05, 0) is 31.9 Å². The van der Waals surface area contributed by atoms with Crippen LogP contribution < -0.4 is 4.74 Å². The van der Waals surface area contributed by atoms with Crippen molar-refractivity contribution in [3.8, 4) is 5.75 Å². The second-order valence-electron chi connectivity index (χ2n) is 4.97. The molecule has 1 aromatic rings. The number of rotatable bonds is 8. The zero-order chi connectivity index (χ0) is 15.1. The van der Waals surface area contributed by atoms with Gasteiger partial charge in [-0.25, -0.2) is 0 Å². The van der Waals surface area contributed by atoms with Crippen molar-refractivity contribution in [1.29, 1.82) is 0 Å². The molecule has 2 rings (SSSR count). The Morgan fingerprint density at radius 1 is 1.24 bits per heavy atom. The average molecular weight is 291 g/mol. The van der Waals surface area contributed by atoms with Crippen molar-refractivity contribution in [2.45, 2.75) is 32.2 Å². The number of para-hydroxylation sites is 1. The third kappa shape index (κ3) is 5.10. The minimum absolute atomic E-state index is 0.0443. The van der Waals surface area contributed by atoms with E-state index >= 15 is 0 Å². The van der Waals surface area contributed by atoms with E-state index in [0.29, 0.717) is 13.2 Å². The monoisotopic (exact) mass is 291 g/mol. The SMILES string of the molecule is CCOC(=O)CN(C(=O)CCOc1ccccc1)C1CC1. The number of ether oxygens (including phenoxy) is 2. The van der Waals surface area contributed by atoms with Crippen molar-refractivity contribution >= 4 is 11.9 Å². The highest BCUT2D eigenvalue weighted by Crippen LogP contribution is 2.27. The summed E-state index contributed by atoms with van der Waals surface area (Å²) in [5.41, 5.74) is 0. The first-order chi connectivity index (χ1) is 10.2. The summed E-state index contributed by atoms with van der Waals surface area (Å²) in [6, 6.07) is 9.57. The van der Waals surface area contributed by atoms with E-state index in [1.54, 1.807) is 11.8 Å². The molecule has 1 saturated carbocycles. The number of nitrogens with zero attached hydrogens (tertiary/aromatic N) is 1. The molecule has 0 radical (unpaired) electrons. The summed E-state index contributed by atoms with van der Waals surface area (Å²) in [5.74, 6) is 0.344. The van der Waals surface area contributed by atoms with Crippen LogP contribution in [-0.2, 0) is 14.3 Å². The first kappa shape index (κ1) is 15.4. The first-order valence-corrected chi connectivity index (χ1v) is 7.33. The molecule has 1 amide bonds. The molecule has 0 heterocycles. The Balaban J connectivity index is 1.77. The molecule has 1 aliphatic carbocycles. The van der Waals surface area contributed by atoms with E-state index in [1.807, 2.05) is 30.3 Å². The zero-order valence-corrected chi connectivity index (χ0v) is 12.3. The molecule has 5 heteroatoms. The Labute approximate surface area is 124 Å². The summed E-state index contributed by atoms with van der Waals surface area (Å²) >= 11 is 0. The van der Waals surface area contributed by atoms with Gasteiger partial charge in [-0.15, -0.1) is 0 Å². The Morgan fingerprint density at radius 3 is 2.57 bits per heavy atom. The number of carbonyl (C=O) groups excluding carboxylic acids is 2. The third-order valence-corrected chi connectivity index (χ3v) is 3.24. The number of hydrogen-bond donors (Lipinski definition) is 0. The number of esters is 1. The third-order valence-electron chi connectivity index (χ3n) is 3.24. The first-order valence-electron chi connectivity index (χ1n) is 7.33. The average Bonchev–Trinajstić information content (AvgIpc) is 3.30. The van der Waals surface area contributed by atoms with E-state index < -0.39 is 0 Å². The topological polar surface area (TPSA) is 55.8 Å². The van der Waals surface area contributed by atoms with Gasteiger partial charge in [-0.1, -0.05) is 18.2 Å². The normalized spacial score (nSPS) is 13.6. The van der Waals surface area contributed by atoms with Gasteiger partial charge in [0.05, 0.1) is 19.6 Å². The van der Waals surface area contributed by atoms with Crippen LogP contribution in [0.3, 0.4) is 0 Å². The van der Waals surface area contributed by atoms with Gasteiger partial charge in [0.2, 0.25) is 5.91 Å². The fourth-order valence-electron chi connectivity index (χ4n) is 2.07. The van der Waals surface area contributed by atoms with E-state index in [-0.39, 0.29) is 30.9 Å².